The van der Waals surface area contributed by atoms with Crippen molar-refractivity contribution >= 4 is 5.69 Å². The quantitative estimate of drug-likeness (QED) is 0.710. The third-order valence-electron chi connectivity index (χ3n) is 1.85. The van der Waals surface area contributed by atoms with Gasteiger partial charge in [-0.25, -0.2) is 0 Å². The molecule has 0 radical (unpaired) electrons. The molecule has 1 rings (SSSR count). The molecule has 2 nitrogen and oxygen atoms in total. The molecule has 0 aliphatic heterocycles. The Balaban J connectivity index is 2.64. The van der Waals surface area contributed by atoms with Crippen LogP contribution in [0, 0.1) is 18.3 Å². The van der Waals surface area contributed by atoms with Gasteiger partial charge in [-0.3, -0.25) is 4.98 Å². The second kappa shape index (κ2) is 4.51. The summed E-state index contributed by atoms with van der Waals surface area (Å²) in [6.07, 6.45) is 8.89. The smallest absolute Gasteiger partial charge is 0.0897 e. The zero-order valence-electron chi connectivity index (χ0n) is 7.99. The molecule has 0 aromatic carbocycles. The van der Waals surface area contributed by atoms with Crippen molar-refractivity contribution in [3.63, 3.8) is 0 Å². The van der Waals surface area contributed by atoms with E-state index in [-0.39, 0.29) is 6.04 Å². The van der Waals surface area contributed by atoms with Crippen molar-refractivity contribution in [2.24, 2.45) is 5.92 Å². The summed E-state index contributed by atoms with van der Waals surface area (Å²) in [5.74, 6) is 3.15. The summed E-state index contributed by atoms with van der Waals surface area (Å²) in [5.41, 5.74) is 1.02. The Morgan fingerprint density at radius 2 is 2.00 bits per heavy atom. The predicted molar refractivity (Wildman–Crippen MR) is 55.3 cm³/mol. The average Bonchev–Trinajstić information content (AvgIpc) is 2.15. The average molecular weight is 174 g/mol. The lowest BCUT2D eigenvalue weighted by molar-refractivity contribution is 0.614. The molecule has 1 unspecified atom stereocenters. The van der Waals surface area contributed by atoms with E-state index in [9.17, 15) is 0 Å². The molecule has 1 N–H and O–H groups in total. The van der Waals surface area contributed by atoms with Crippen LogP contribution in [-0.4, -0.2) is 11.0 Å². The van der Waals surface area contributed by atoms with Crippen molar-refractivity contribution in [1.29, 1.82) is 0 Å². The summed E-state index contributed by atoms with van der Waals surface area (Å²) in [6, 6.07) is 3.90. The summed E-state index contributed by atoms with van der Waals surface area (Å²) in [5, 5.41) is 3.25. The summed E-state index contributed by atoms with van der Waals surface area (Å²) < 4.78 is 0. The molecule has 0 aliphatic rings. The summed E-state index contributed by atoms with van der Waals surface area (Å²) in [6.45, 7) is 4.19. The van der Waals surface area contributed by atoms with E-state index < -0.39 is 0 Å². The molecule has 1 heterocycles. The predicted octanol–water partition coefficient (Wildman–Crippen LogP) is 2.15. The highest BCUT2D eigenvalue weighted by molar-refractivity contribution is 5.43. The normalized spacial score (nSPS) is 12.2. The van der Waals surface area contributed by atoms with Crippen LogP contribution in [0.25, 0.3) is 0 Å². The van der Waals surface area contributed by atoms with Crippen LogP contribution in [0.5, 0.6) is 0 Å². The van der Waals surface area contributed by atoms with Crippen molar-refractivity contribution in [3.8, 4) is 12.3 Å². The Bertz CT molecular complexity index is 285. The maximum absolute atomic E-state index is 5.39. The van der Waals surface area contributed by atoms with E-state index in [2.05, 4.69) is 30.1 Å². The molecule has 2 heteroatoms. The number of nitrogens with one attached hydrogen (secondary N) is 1. The van der Waals surface area contributed by atoms with Gasteiger partial charge in [-0.05, 0) is 18.1 Å². The van der Waals surface area contributed by atoms with Gasteiger partial charge in [-0.2, -0.15) is 0 Å². The molecule has 0 aliphatic carbocycles. The second-order valence-electron chi connectivity index (χ2n) is 3.27. The minimum atomic E-state index is 0.0856. The standard InChI is InChI=1S/C11H14N2/c1-4-11(9(2)3)13-10-5-7-12-8-6-10/h1,5-9,11H,2-3H3,(H,12,13). The van der Waals surface area contributed by atoms with Gasteiger partial charge in [0.1, 0.15) is 0 Å². The number of aromatic nitrogens is 1. The Hall–Kier alpha value is -1.49. The molecule has 1 atom stereocenters. The molecule has 68 valence electrons. The lowest BCUT2D eigenvalue weighted by Gasteiger charge is -2.17. The molecule has 13 heavy (non-hydrogen) atoms. The van der Waals surface area contributed by atoms with Crippen LogP contribution >= 0.6 is 0 Å². The highest BCUT2D eigenvalue weighted by atomic mass is 14.9. The zero-order valence-corrected chi connectivity index (χ0v) is 7.99. The number of pyridine rings is 1. The first-order valence-electron chi connectivity index (χ1n) is 4.36. The maximum atomic E-state index is 5.39. The van der Waals surface area contributed by atoms with Gasteiger partial charge >= 0.3 is 0 Å². The van der Waals surface area contributed by atoms with E-state index in [0.717, 1.165) is 5.69 Å². The molecule has 0 saturated heterocycles. The molecular weight excluding hydrogens is 160 g/mol. The highest BCUT2D eigenvalue weighted by Crippen LogP contribution is 2.10. The van der Waals surface area contributed by atoms with Gasteiger partial charge in [-0.15, -0.1) is 6.42 Å². The van der Waals surface area contributed by atoms with Gasteiger partial charge in [0.05, 0.1) is 6.04 Å². The first-order valence-corrected chi connectivity index (χ1v) is 4.36. The fourth-order valence-corrected chi connectivity index (χ4v) is 1.03. The first-order chi connectivity index (χ1) is 6.24. The van der Waals surface area contributed by atoms with Crippen LogP contribution in [0.3, 0.4) is 0 Å². The van der Waals surface area contributed by atoms with Crippen LogP contribution in [-0.2, 0) is 0 Å². The third-order valence-corrected chi connectivity index (χ3v) is 1.85. The van der Waals surface area contributed by atoms with Gasteiger partial charge in [0.15, 0.2) is 0 Å². The number of rotatable bonds is 3. The minimum absolute atomic E-state index is 0.0856. The van der Waals surface area contributed by atoms with Crippen molar-refractivity contribution in [2.45, 2.75) is 19.9 Å². The van der Waals surface area contributed by atoms with E-state index in [0.29, 0.717) is 5.92 Å². The van der Waals surface area contributed by atoms with Crippen LogP contribution in [0.4, 0.5) is 5.69 Å². The van der Waals surface area contributed by atoms with E-state index in [1.165, 1.54) is 0 Å². The van der Waals surface area contributed by atoms with E-state index in [1.807, 2.05) is 12.1 Å². The molecule has 0 amide bonds. The van der Waals surface area contributed by atoms with Gasteiger partial charge < -0.3 is 5.32 Å². The molecule has 0 fully saturated rings. The van der Waals surface area contributed by atoms with Crippen molar-refractivity contribution in [2.75, 3.05) is 5.32 Å². The summed E-state index contributed by atoms with van der Waals surface area (Å²) in [4.78, 5) is 3.93. The molecule has 1 aromatic rings. The number of nitrogens with zero attached hydrogens (tertiary/aromatic N) is 1. The lowest BCUT2D eigenvalue weighted by Crippen LogP contribution is -2.23. The van der Waals surface area contributed by atoms with E-state index >= 15 is 0 Å². The van der Waals surface area contributed by atoms with Gasteiger partial charge in [0.25, 0.3) is 0 Å². The topological polar surface area (TPSA) is 24.9 Å². The lowest BCUT2D eigenvalue weighted by atomic mass is 10.1. The van der Waals surface area contributed by atoms with Crippen LogP contribution < -0.4 is 5.32 Å². The summed E-state index contributed by atoms with van der Waals surface area (Å²) >= 11 is 0. The van der Waals surface area contributed by atoms with Gasteiger partial charge in [-0.1, -0.05) is 19.8 Å². The largest absolute Gasteiger partial charge is 0.371 e. The second-order valence-corrected chi connectivity index (χ2v) is 3.27. The van der Waals surface area contributed by atoms with E-state index in [4.69, 9.17) is 6.42 Å². The fraction of sp³-hybridized carbons (Fsp3) is 0.364. The van der Waals surface area contributed by atoms with Crippen LogP contribution in [0.15, 0.2) is 24.5 Å². The number of terminal acetylenes is 1. The van der Waals surface area contributed by atoms with Crippen LogP contribution in [0.1, 0.15) is 13.8 Å². The minimum Gasteiger partial charge on any atom is -0.371 e. The first kappa shape index (κ1) is 9.60. The molecule has 0 saturated carbocycles. The molecule has 0 spiro atoms. The monoisotopic (exact) mass is 174 g/mol. The Labute approximate surface area is 79.4 Å². The molecule has 1 aromatic heterocycles. The van der Waals surface area contributed by atoms with Gasteiger partial charge in [0.2, 0.25) is 0 Å². The zero-order chi connectivity index (χ0) is 9.68. The SMILES string of the molecule is C#CC(Nc1ccncc1)C(C)C. The van der Waals surface area contributed by atoms with Crippen molar-refractivity contribution < 1.29 is 0 Å². The van der Waals surface area contributed by atoms with Crippen molar-refractivity contribution in [3.05, 3.63) is 24.5 Å². The number of hydrogen-bond donors (Lipinski definition) is 1. The summed E-state index contributed by atoms with van der Waals surface area (Å²) in [7, 11) is 0. The van der Waals surface area contributed by atoms with Gasteiger partial charge in [0, 0.05) is 18.1 Å². The Kier molecular flexibility index (Phi) is 3.33. The molecular formula is C11H14N2. The Morgan fingerprint density at radius 1 is 1.38 bits per heavy atom. The fourth-order valence-electron chi connectivity index (χ4n) is 1.03. The highest BCUT2D eigenvalue weighted by Gasteiger charge is 2.08. The molecule has 0 bridgehead atoms. The third kappa shape index (κ3) is 2.79. The number of hydrogen-bond acceptors (Lipinski definition) is 2. The Morgan fingerprint density at radius 3 is 2.46 bits per heavy atom. The maximum Gasteiger partial charge on any atom is 0.0897 e. The van der Waals surface area contributed by atoms with E-state index in [1.54, 1.807) is 12.4 Å². The van der Waals surface area contributed by atoms with Crippen LogP contribution in [0.2, 0.25) is 0 Å². The number of anilines is 1. The van der Waals surface area contributed by atoms with Crippen molar-refractivity contribution in [1.82, 2.24) is 4.98 Å².